The molecule has 0 unspecified atom stereocenters. The maximum atomic E-state index is 10.9. The van der Waals surface area contributed by atoms with Crippen molar-refractivity contribution < 1.29 is 9.90 Å². The van der Waals surface area contributed by atoms with Crippen molar-refractivity contribution >= 4 is 17.6 Å². The van der Waals surface area contributed by atoms with E-state index in [1.165, 1.54) is 5.56 Å². The molecule has 3 rings (SSSR count). The van der Waals surface area contributed by atoms with Gasteiger partial charge in [0, 0.05) is 17.0 Å². The minimum Gasteiger partial charge on any atom is -0.481 e. The number of aromatic nitrogens is 2. The van der Waals surface area contributed by atoms with Crippen LogP contribution < -0.4 is 0 Å². The normalized spacial score (nSPS) is 10.8. The molecule has 0 aliphatic rings. The van der Waals surface area contributed by atoms with Crippen molar-refractivity contribution in [2.45, 2.75) is 26.7 Å². The molecule has 0 atom stereocenters. The standard InChI is InChI=1S/C20H19ClN2O2/c1-13-3-6-15(7-4-13)19-11-16(8-10-20(24)25)22-23(19)17-9-5-14(2)18(21)12-17/h3-7,9,11-12H,8,10H2,1-2H3,(H,24,25). The SMILES string of the molecule is Cc1ccc(-c2cc(CCC(=O)O)nn2-c2ccc(C)c(Cl)c2)cc1. The van der Waals surface area contributed by atoms with Gasteiger partial charge in [-0.25, -0.2) is 4.68 Å². The number of hydrogen-bond acceptors (Lipinski definition) is 2. The smallest absolute Gasteiger partial charge is 0.303 e. The summed E-state index contributed by atoms with van der Waals surface area (Å²) >= 11 is 6.27. The van der Waals surface area contributed by atoms with Crippen LogP contribution in [0.15, 0.2) is 48.5 Å². The molecule has 0 saturated carbocycles. The number of rotatable bonds is 5. The molecule has 0 fully saturated rings. The highest BCUT2D eigenvalue weighted by Crippen LogP contribution is 2.27. The Kier molecular flexibility index (Phi) is 4.91. The van der Waals surface area contributed by atoms with E-state index in [4.69, 9.17) is 16.7 Å². The minimum atomic E-state index is -0.829. The number of benzene rings is 2. The van der Waals surface area contributed by atoms with E-state index in [0.717, 1.165) is 28.2 Å². The number of aliphatic carboxylic acids is 1. The molecule has 1 N–H and O–H groups in total. The van der Waals surface area contributed by atoms with Gasteiger partial charge in [0.15, 0.2) is 0 Å². The predicted molar refractivity (Wildman–Crippen MR) is 99.4 cm³/mol. The van der Waals surface area contributed by atoms with Crippen LogP contribution in [0.3, 0.4) is 0 Å². The molecule has 0 saturated heterocycles. The van der Waals surface area contributed by atoms with Crippen LogP contribution in [0.25, 0.3) is 16.9 Å². The molecule has 1 aromatic heterocycles. The second kappa shape index (κ2) is 7.11. The summed E-state index contributed by atoms with van der Waals surface area (Å²) < 4.78 is 1.83. The maximum Gasteiger partial charge on any atom is 0.303 e. The first kappa shape index (κ1) is 17.2. The lowest BCUT2D eigenvalue weighted by atomic mass is 10.1. The maximum absolute atomic E-state index is 10.9. The minimum absolute atomic E-state index is 0.0546. The highest BCUT2D eigenvalue weighted by atomic mass is 35.5. The summed E-state index contributed by atoms with van der Waals surface area (Å²) in [5, 5.41) is 14.2. The summed E-state index contributed by atoms with van der Waals surface area (Å²) in [6.45, 7) is 3.99. The van der Waals surface area contributed by atoms with Crippen molar-refractivity contribution in [1.29, 1.82) is 0 Å². The van der Waals surface area contributed by atoms with Gasteiger partial charge in [-0.15, -0.1) is 0 Å². The molecule has 3 aromatic rings. The molecule has 5 heteroatoms. The Morgan fingerprint density at radius 3 is 2.48 bits per heavy atom. The van der Waals surface area contributed by atoms with Crippen LogP contribution in [0.2, 0.25) is 5.02 Å². The van der Waals surface area contributed by atoms with E-state index in [0.29, 0.717) is 11.4 Å². The Morgan fingerprint density at radius 1 is 1.12 bits per heavy atom. The van der Waals surface area contributed by atoms with Crippen molar-refractivity contribution in [3.63, 3.8) is 0 Å². The third-order valence-electron chi connectivity index (χ3n) is 4.10. The van der Waals surface area contributed by atoms with Gasteiger partial charge in [0.25, 0.3) is 0 Å². The zero-order chi connectivity index (χ0) is 18.0. The monoisotopic (exact) mass is 354 g/mol. The van der Waals surface area contributed by atoms with Crippen LogP contribution in [0.5, 0.6) is 0 Å². The fraction of sp³-hybridized carbons (Fsp3) is 0.200. The van der Waals surface area contributed by atoms with Crippen molar-refractivity contribution in [2.75, 3.05) is 0 Å². The lowest BCUT2D eigenvalue weighted by Crippen LogP contribution is -2.01. The summed E-state index contributed by atoms with van der Waals surface area (Å²) in [6, 6.07) is 15.9. The summed E-state index contributed by atoms with van der Waals surface area (Å²) in [5.41, 5.74) is 5.72. The summed E-state index contributed by atoms with van der Waals surface area (Å²) in [7, 11) is 0. The van der Waals surface area contributed by atoms with Gasteiger partial charge in [-0.2, -0.15) is 5.10 Å². The van der Waals surface area contributed by atoms with E-state index in [1.807, 2.05) is 67.1 Å². The highest BCUT2D eigenvalue weighted by Gasteiger charge is 2.13. The van der Waals surface area contributed by atoms with Crippen molar-refractivity contribution in [3.8, 4) is 16.9 Å². The first-order valence-electron chi connectivity index (χ1n) is 8.08. The summed E-state index contributed by atoms with van der Waals surface area (Å²) in [4.78, 5) is 10.9. The predicted octanol–water partition coefficient (Wildman–Crippen LogP) is 4.83. The fourth-order valence-electron chi connectivity index (χ4n) is 2.63. The molecule has 0 radical (unpaired) electrons. The molecule has 0 bridgehead atoms. The molecule has 0 amide bonds. The largest absolute Gasteiger partial charge is 0.481 e. The number of carbonyl (C=O) groups is 1. The topological polar surface area (TPSA) is 55.1 Å². The number of halogens is 1. The number of hydrogen-bond donors (Lipinski definition) is 1. The van der Waals surface area contributed by atoms with Gasteiger partial charge in [-0.1, -0.05) is 47.5 Å². The highest BCUT2D eigenvalue weighted by molar-refractivity contribution is 6.31. The van der Waals surface area contributed by atoms with Crippen LogP contribution in [-0.2, 0) is 11.2 Å². The van der Waals surface area contributed by atoms with Gasteiger partial charge in [-0.05, 0) is 37.6 Å². The second-order valence-corrected chi connectivity index (χ2v) is 6.53. The van der Waals surface area contributed by atoms with E-state index < -0.39 is 5.97 Å². The third-order valence-corrected chi connectivity index (χ3v) is 4.51. The van der Waals surface area contributed by atoms with Crippen molar-refractivity contribution in [2.24, 2.45) is 0 Å². The Morgan fingerprint density at radius 2 is 1.84 bits per heavy atom. The molecular weight excluding hydrogens is 336 g/mol. The van der Waals surface area contributed by atoms with Gasteiger partial charge in [0.05, 0.1) is 23.5 Å². The quantitative estimate of drug-likeness (QED) is 0.714. The van der Waals surface area contributed by atoms with E-state index in [2.05, 4.69) is 5.10 Å². The molecule has 25 heavy (non-hydrogen) atoms. The summed E-state index contributed by atoms with van der Waals surface area (Å²) in [5.74, 6) is -0.829. The van der Waals surface area contributed by atoms with E-state index in [9.17, 15) is 4.79 Å². The first-order valence-corrected chi connectivity index (χ1v) is 8.46. The first-order chi connectivity index (χ1) is 11.9. The van der Waals surface area contributed by atoms with Crippen LogP contribution in [0, 0.1) is 13.8 Å². The van der Waals surface area contributed by atoms with Crippen LogP contribution in [-0.4, -0.2) is 20.9 Å². The Balaban J connectivity index is 2.08. The molecule has 0 spiro atoms. The number of carboxylic acid groups (broad SMARTS) is 1. The number of carboxylic acids is 1. The van der Waals surface area contributed by atoms with Crippen molar-refractivity contribution in [1.82, 2.24) is 9.78 Å². The van der Waals surface area contributed by atoms with E-state index in [1.54, 1.807) is 0 Å². The molecule has 1 heterocycles. The lowest BCUT2D eigenvalue weighted by molar-refractivity contribution is -0.136. The number of nitrogens with zero attached hydrogens (tertiary/aromatic N) is 2. The van der Waals surface area contributed by atoms with Gasteiger partial charge in [0.2, 0.25) is 0 Å². The zero-order valence-electron chi connectivity index (χ0n) is 14.2. The van der Waals surface area contributed by atoms with Crippen LogP contribution in [0.1, 0.15) is 23.2 Å². The molecule has 2 aromatic carbocycles. The van der Waals surface area contributed by atoms with Crippen LogP contribution >= 0.6 is 11.6 Å². The molecule has 0 aliphatic heterocycles. The molecule has 0 aliphatic carbocycles. The van der Waals surface area contributed by atoms with Gasteiger partial charge < -0.3 is 5.11 Å². The third kappa shape index (κ3) is 3.91. The zero-order valence-corrected chi connectivity index (χ0v) is 14.9. The molecule has 4 nitrogen and oxygen atoms in total. The van der Waals surface area contributed by atoms with Crippen LogP contribution in [0.4, 0.5) is 0 Å². The van der Waals surface area contributed by atoms with Crippen molar-refractivity contribution in [3.05, 3.63) is 70.4 Å². The Bertz CT molecular complexity index is 914. The second-order valence-electron chi connectivity index (χ2n) is 6.13. The molecule has 128 valence electrons. The Hall–Kier alpha value is -2.59. The van der Waals surface area contributed by atoms with Gasteiger partial charge >= 0.3 is 5.97 Å². The average molecular weight is 355 g/mol. The number of aryl methyl sites for hydroxylation is 3. The van der Waals surface area contributed by atoms with Gasteiger partial charge in [-0.3, -0.25) is 4.79 Å². The average Bonchev–Trinajstić information content (AvgIpc) is 3.00. The Labute approximate surface area is 151 Å². The van der Waals surface area contributed by atoms with Gasteiger partial charge in [0.1, 0.15) is 0 Å². The lowest BCUT2D eigenvalue weighted by Gasteiger charge is -2.09. The van der Waals surface area contributed by atoms with E-state index >= 15 is 0 Å². The summed E-state index contributed by atoms with van der Waals surface area (Å²) in [6.07, 6.45) is 0.444. The van der Waals surface area contributed by atoms with E-state index in [-0.39, 0.29) is 6.42 Å². The molecular formula is C20H19ClN2O2. The fourth-order valence-corrected chi connectivity index (χ4v) is 2.80.